The van der Waals surface area contributed by atoms with Crippen molar-refractivity contribution in [2.24, 2.45) is 0 Å². The van der Waals surface area contributed by atoms with Crippen molar-refractivity contribution in [3.63, 3.8) is 0 Å². The maximum absolute atomic E-state index is 2.58. The molecule has 1 saturated carbocycles. The van der Waals surface area contributed by atoms with Crippen molar-refractivity contribution in [3.05, 3.63) is 222 Å². The van der Waals surface area contributed by atoms with Gasteiger partial charge in [-0.25, -0.2) is 0 Å². The number of benzene rings is 9. The highest BCUT2D eigenvalue weighted by Crippen LogP contribution is 2.64. The zero-order valence-electron chi connectivity index (χ0n) is 33.9. The van der Waals surface area contributed by atoms with Gasteiger partial charge in [-0.3, -0.25) is 0 Å². The van der Waals surface area contributed by atoms with Gasteiger partial charge in [0.05, 0.1) is 11.1 Å². The third-order valence-corrected chi connectivity index (χ3v) is 15.4. The van der Waals surface area contributed by atoms with E-state index in [1.165, 1.54) is 119 Å². The van der Waals surface area contributed by atoms with E-state index in [0.717, 1.165) is 17.1 Å². The number of thiophene rings is 1. The van der Waals surface area contributed by atoms with E-state index in [-0.39, 0.29) is 0 Å². The molecule has 1 heterocycles. The molecule has 1 fully saturated rings. The molecule has 13 rings (SSSR count). The van der Waals surface area contributed by atoms with Crippen LogP contribution in [0.4, 0.5) is 17.1 Å². The Morgan fingerprint density at radius 1 is 0.443 bits per heavy atom. The molecule has 1 nitrogen and oxygen atoms in total. The highest BCUT2D eigenvalue weighted by atomic mass is 32.1. The normalized spacial score (nSPS) is 16.5. The van der Waals surface area contributed by atoms with Crippen LogP contribution in [0, 0.1) is 0 Å². The summed E-state index contributed by atoms with van der Waals surface area (Å²) in [6.07, 6.45) is 6.42. The van der Waals surface area contributed by atoms with Crippen molar-refractivity contribution < 1.29 is 0 Å². The van der Waals surface area contributed by atoms with Crippen LogP contribution in [0.1, 0.15) is 65.8 Å². The summed E-state index contributed by atoms with van der Waals surface area (Å²) in [6, 6.07) is 73.9. The monoisotopic (exact) mass is 797 g/mol. The Kier molecular flexibility index (Phi) is 7.84. The topological polar surface area (TPSA) is 3.24 Å². The second-order valence-electron chi connectivity index (χ2n) is 17.3. The zero-order valence-corrected chi connectivity index (χ0v) is 34.8. The van der Waals surface area contributed by atoms with Gasteiger partial charge < -0.3 is 4.90 Å². The lowest BCUT2D eigenvalue weighted by atomic mass is 9.59. The lowest BCUT2D eigenvalue weighted by Crippen LogP contribution is -2.34. The molecule has 0 amide bonds. The molecule has 0 bridgehead atoms. The first-order valence-electron chi connectivity index (χ1n) is 22.0. The Bertz CT molecular complexity index is 3370. The molecular weight excluding hydrogens is 755 g/mol. The van der Waals surface area contributed by atoms with E-state index in [1.54, 1.807) is 5.56 Å². The van der Waals surface area contributed by atoms with Crippen LogP contribution in [0.2, 0.25) is 0 Å². The number of nitrogens with zero attached hydrogens (tertiary/aromatic N) is 1. The second-order valence-corrected chi connectivity index (χ2v) is 18.4. The average Bonchev–Trinajstić information content (AvgIpc) is 3.84. The fourth-order valence-electron chi connectivity index (χ4n) is 11.7. The minimum Gasteiger partial charge on any atom is -0.310 e. The maximum Gasteiger partial charge on any atom is 0.0729 e. The van der Waals surface area contributed by atoms with Crippen molar-refractivity contribution >= 4 is 59.3 Å². The van der Waals surface area contributed by atoms with E-state index in [0.29, 0.717) is 5.92 Å². The minimum atomic E-state index is -0.501. The lowest BCUT2D eigenvalue weighted by molar-refractivity contribution is 0.440. The van der Waals surface area contributed by atoms with Gasteiger partial charge in [-0.05, 0) is 122 Å². The lowest BCUT2D eigenvalue weighted by Gasteiger charge is -2.43. The quantitative estimate of drug-likeness (QED) is 0.168. The van der Waals surface area contributed by atoms with Gasteiger partial charge in [0.1, 0.15) is 0 Å². The van der Waals surface area contributed by atoms with E-state index >= 15 is 0 Å². The molecule has 1 unspecified atom stereocenters. The largest absolute Gasteiger partial charge is 0.310 e. The Morgan fingerprint density at radius 2 is 1.08 bits per heavy atom. The summed E-state index contributed by atoms with van der Waals surface area (Å²) in [5.41, 5.74) is 18.0. The van der Waals surface area contributed by atoms with E-state index in [4.69, 9.17) is 0 Å². The van der Waals surface area contributed by atoms with E-state index < -0.39 is 5.41 Å². The van der Waals surface area contributed by atoms with Crippen LogP contribution in [-0.2, 0) is 5.41 Å². The molecule has 9 aromatic carbocycles. The van der Waals surface area contributed by atoms with Crippen LogP contribution in [-0.4, -0.2) is 0 Å². The molecule has 1 atom stereocenters. The third kappa shape index (κ3) is 5.06. The molecule has 1 aromatic heterocycles. The second kappa shape index (κ2) is 13.6. The maximum atomic E-state index is 2.58. The van der Waals surface area contributed by atoms with Crippen LogP contribution in [0.5, 0.6) is 0 Å². The molecule has 61 heavy (non-hydrogen) atoms. The van der Waals surface area contributed by atoms with Crippen molar-refractivity contribution in [3.8, 4) is 33.4 Å². The first-order chi connectivity index (χ1) is 30.3. The zero-order chi connectivity index (χ0) is 40.1. The molecule has 10 aromatic rings. The van der Waals surface area contributed by atoms with E-state index in [1.807, 2.05) is 11.3 Å². The predicted octanol–water partition coefficient (Wildman–Crippen LogP) is 16.7. The van der Waals surface area contributed by atoms with Gasteiger partial charge >= 0.3 is 0 Å². The Hall–Kier alpha value is -6.74. The number of hydrogen-bond acceptors (Lipinski definition) is 2. The fraction of sp³-hybridized carbons (Fsp3) is 0.119. The summed E-state index contributed by atoms with van der Waals surface area (Å²) >= 11 is 1.88. The molecule has 1 spiro atoms. The van der Waals surface area contributed by atoms with Gasteiger partial charge in [0.15, 0.2) is 0 Å². The number of rotatable bonds is 5. The molecule has 3 aliphatic carbocycles. The molecule has 2 heteroatoms. The van der Waals surface area contributed by atoms with Crippen LogP contribution in [0.15, 0.2) is 194 Å². The van der Waals surface area contributed by atoms with Gasteiger partial charge in [-0.15, -0.1) is 11.3 Å². The minimum absolute atomic E-state index is 0.501. The average molecular weight is 798 g/mol. The SMILES string of the molecule is c1ccc(-c2ccccc2N(c2ccc3c(c2)C2(c4ccccc4-3)c3ccccc3-c3cccc4ccc(C5CCCCC5)c2c34)c2ccc3c(c2)sc2ccccc23)cc1. The van der Waals surface area contributed by atoms with Gasteiger partial charge in [-0.2, -0.15) is 0 Å². The highest BCUT2D eigenvalue weighted by Gasteiger charge is 2.52. The van der Waals surface area contributed by atoms with Crippen molar-refractivity contribution in [1.29, 1.82) is 0 Å². The highest BCUT2D eigenvalue weighted by molar-refractivity contribution is 7.25. The van der Waals surface area contributed by atoms with Crippen LogP contribution < -0.4 is 4.90 Å². The number of anilines is 3. The molecule has 0 saturated heterocycles. The van der Waals surface area contributed by atoms with Crippen molar-refractivity contribution in [2.75, 3.05) is 4.90 Å². The number of para-hydroxylation sites is 1. The summed E-state index contributed by atoms with van der Waals surface area (Å²) in [5, 5.41) is 5.39. The van der Waals surface area contributed by atoms with E-state index in [9.17, 15) is 0 Å². The summed E-state index contributed by atoms with van der Waals surface area (Å²) < 4.78 is 2.62. The van der Waals surface area contributed by atoms with Gasteiger partial charge in [0.25, 0.3) is 0 Å². The molecule has 0 aliphatic heterocycles. The molecule has 0 radical (unpaired) electrons. The van der Waals surface area contributed by atoms with Crippen LogP contribution in [0.3, 0.4) is 0 Å². The standard InChI is InChI=1S/C59H43NS/c1-3-16-38(17-4-1)43-21-9-13-28-54(43)60(42-32-35-49-48-24-10-14-29-55(48)61-56(49)37-42)41-31-34-47-45-22-7-11-26-51(45)59(53(47)36-41)52-27-12-8-23-46(52)50-25-15-20-40-30-33-44(58(59)57(40)50)39-18-5-2-6-19-39/h1,3-4,7-17,20-37,39H,2,5-6,18-19H2. The van der Waals surface area contributed by atoms with Crippen molar-refractivity contribution in [1.82, 2.24) is 0 Å². The smallest absolute Gasteiger partial charge is 0.0729 e. The van der Waals surface area contributed by atoms with E-state index in [2.05, 4.69) is 199 Å². The summed E-state index contributed by atoms with van der Waals surface area (Å²) in [7, 11) is 0. The molecule has 0 N–H and O–H groups in total. The van der Waals surface area contributed by atoms with Gasteiger partial charge in [-0.1, -0.05) is 177 Å². The summed E-state index contributed by atoms with van der Waals surface area (Å²) in [6.45, 7) is 0. The Morgan fingerprint density at radius 3 is 1.92 bits per heavy atom. The van der Waals surface area contributed by atoms with Crippen LogP contribution >= 0.6 is 11.3 Å². The molecule has 290 valence electrons. The predicted molar refractivity (Wildman–Crippen MR) is 259 cm³/mol. The Labute approximate surface area is 361 Å². The van der Waals surface area contributed by atoms with Crippen molar-refractivity contribution in [2.45, 2.75) is 43.4 Å². The third-order valence-electron chi connectivity index (χ3n) is 14.3. The number of hydrogen-bond donors (Lipinski definition) is 0. The summed E-state index contributed by atoms with van der Waals surface area (Å²) in [4.78, 5) is 2.54. The first-order valence-corrected chi connectivity index (χ1v) is 22.9. The van der Waals surface area contributed by atoms with Gasteiger partial charge in [0, 0.05) is 37.1 Å². The Balaban J connectivity index is 1.13. The van der Waals surface area contributed by atoms with Crippen LogP contribution in [0.25, 0.3) is 64.3 Å². The number of fused-ring (bicyclic) bond motifs is 12. The molecular formula is C59H43NS. The molecule has 3 aliphatic rings. The van der Waals surface area contributed by atoms with Gasteiger partial charge in [0.2, 0.25) is 0 Å². The summed E-state index contributed by atoms with van der Waals surface area (Å²) in [5.74, 6) is 0.532. The fourth-order valence-corrected chi connectivity index (χ4v) is 12.9. The first kappa shape index (κ1) is 35.1.